The fourth-order valence-corrected chi connectivity index (χ4v) is 3.93. The van der Waals surface area contributed by atoms with E-state index in [-0.39, 0.29) is 0 Å². The van der Waals surface area contributed by atoms with Crippen molar-refractivity contribution in [2.24, 2.45) is 0 Å². The first-order chi connectivity index (χ1) is 13.7. The molecule has 1 unspecified atom stereocenters. The third-order valence-electron chi connectivity index (χ3n) is 4.17. The van der Waals surface area contributed by atoms with Crippen LogP contribution in [0.1, 0.15) is 22.8 Å². The molecule has 3 rings (SSSR count). The van der Waals surface area contributed by atoms with Gasteiger partial charge >= 0.3 is 5.97 Å². The molecule has 0 radical (unpaired) electrons. The minimum Gasteiger partial charge on any atom is -0.467 e. The molecule has 0 fully saturated rings. The second-order valence-electron chi connectivity index (χ2n) is 6.16. The summed E-state index contributed by atoms with van der Waals surface area (Å²) in [4.78, 5) is 13.4. The van der Waals surface area contributed by atoms with Gasteiger partial charge in [-0.3, -0.25) is 0 Å². The van der Waals surface area contributed by atoms with Crippen LogP contribution in [0.5, 0.6) is 0 Å². The van der Waals surface area contributed by atoms with Crippen LogP contribution in [0.4, 0.5) is 0 Å². The van der Waals surface area contributed by atoms with Crippen molar-refractivity contribution < 1.29 is 14.3 Å². The highest BCUT2D eigenvalue weighted by molar-refractivity contribution is 7.98. The zero-order valence-electron chi connectivity index (χ0n) is 15.5. The van der Waals surface area contributed by atoms with Crippen LogP contribution in [0.25, 0.3) is 0 Å². The highest BCUT2D eigenvalue weighted by Gasteiger charge is 2.26. The smallest absolute Gasteiger partial charge is 0.339 e. The first-order valence-corrected chi connectivity index (χ1v) is 10.2. The van der Waals surface area contributed by atoms with Gasteiger partial charge in [-0.1, -0.05) is 72.3 Å². The van der Waals surface area contributed by atoms with Crippen molar-refractivity contribution in [2.75, 3.05) is 7.11 Å². The molecule has 3 nitrogen and oxygen atoms in total. The van der Waals surface area contributed by atoms with Crippen LogP contribution in [0.2, 0.25) is 5.02 Å². The Labute approximate surface area is 174 Å². The van der Waals surface area contributed by atoms with Crippen molar-refractivity contribution in [3.8, 4) is 0 Å². The molecule has 0 N–H and O–H groups in total. The van der Waals surface area contributed by atoms with Gasteiger partial charge in [0.25, 0.3) is 0 Å². The first-order valence-electron chi connectivity index (χ1n) is 8.87. The summed E-state index contributed by atoms with van der Waals surface area (Å²) < 4.78 is 11.0. The molecule has 5 heteroatoms. The van der Waals surface area contributed by atoms with Crippen LogP contribution in [0.15, 0.2) is 83.8 Å². The molecule has 0 aliphatic heterocycles. The lowest BCUT2D eigenvalue weighted by molar-refractivity contribution is -0.155. The molecule has 0 saturated carbocycles. The van der Waals surface area contributed by atoms with Crippen molar-refractivity contribution in [3.63, 3.8) is 0 Å². The van der Waals surface area contributed by atoms with E-state index in [0.29, 0.717) is 11.6 Å². The summed E-state index contributed by atoms with van der Waals surface area (Å²) in [6.07, 6.45) is -0.845. The Morgan fingerprint density at radius 1 is 0.964 bits per heavy atom. The number of thioether (sulfide) groups is 1. The molecule has 0 saturated heterocycles. The molecule has 0 spiro atoms. The largest absolute Gasteiger partial charge is 0.467 e. The van der Waals surface area contributed by atoms with Gasteiger partial charge in [0, 0.05) is 21.2 Å². The fourth-order valence-electron chi connectivity index (χ4n) is 2.74. The maximum absolute atomic E-state index is 12.5. The molecular weight excluding hydrogens is 392 g/mol. The predicted octanol–water partition coefficient (Wildman–Crippen LogP) is 6.06. The van der Waals surface area contributed by atoms with Gasteiger partial charge in [0.15, 0.2) is 6.10 Å². The monoisotopic (exact) mass is 412 g/mol. The highest BCUT2D eigenvalue weighted by atomic mass is 35.5. The summed E-state index contributed by atoms with van der Waals surface area (Å²) in [5, 5.41) is 0.552. The number of halogens is 1. The Bertz CT molecular complexity index is 900. The lowest BCUT2D eigenvalue weighted by atomic mass is 10.1. The highest BCUT2D eigenvalue weighted by Crippen LogP contribution is 2.34. The number of esters is 1. The van der Waals surface area contributed by atoms with Crippen LogP contribution in [0.3, 0.4) is 0 Å². The van der Waals surface area contributed by atoms with E-state index in [1.807, 2.05) is 60.7 Å². The number of rotatable bonds is 8. The molecule has 0 heterocycles. The Morgan fingerprint density at radius 2 is 1.61 bits per heavy atom. The number of benzene rings is 3. The zero-order chi connectivity index (χ0) is 19.8. The molecule has 0 bridgehead atoms. The molecule has 3 aromatic carbocycles. The lowest BCUT2D eigenvalue weighted by Gasteiger charge is -2.19. The van der Waals surface area contributed by atoms with Crippen LogP contribution < -0.4 is 0 Å². The van der Waals surface area contributed by atoms with Gasteiger partial charge < -0.3 is 9.47 Å². The molecular formula is C23H21ClO3S. The molecule has 28 heavy (non-hydrogen) atoms. The Kier molecular flexibility index (Phi) is 7.54. The van der Waals surface area contributed by atoms with E-state index in [1.165, 1.54) is 12.7 Å². The van der Waals surface area contributed by atoms with E-state index in [2.05, 4.69) is 12.1 Å². The van der Waals surface area contributed by atoms with Gasteiger partial charge in [0.2, 0.25) is 0 Å². The van der Waals surface area contributed by atoms with Gasteiger partial charge in [-0.2, -0.15) is 0 Å². The minimum atomic E-state index is -0.845. The average Bonchev–Trinajstić information content (AvgIpc) is 2.74. The average molecular weight is 413 g/mol. The fraction of sp³-hybridized carbons (Fsp3) is 0.174. The summed E-state index contributed by atoms with van der Waals surface area (Å²) >= 11 is 7.87. The summed E-state index contributed by atoms with van der Waals surface area (Å²) in [5.41, 5.74) is 2.90. The summed E-state index contributed by atoms with van der Waals surface area (Å²) in [6.45, 7) is 0.301. The molecule has 0 aliphatic rings. The molecule has 0 amide bonds. The lowest BCUT2D eigenvalue weighted by Crippen LogP contribution is -2.18. The predicted molar refractivity (Wildman–Crippen MR) is 113 cm³/mol. The zero-order valence-corrected chi connectivity index (χ0v) is 17.1. The van der Waals surface area contributed by atoms with E-state index >= 15 is 0 Å². The van der Waals surface area contributed by atoms with Crippen LogP contribution in [-0.4, -0.2) is 13.1 Å². The Hall–Kier alpha value is -2.27. The maximum atomic E-state index is 12.5. The van der Waals surface area contributed by atoms with Gasteiger partial charge in [-0.15, -0.1) is 11.8 Å². The number of carbonyl (C=O) groups excluding carboxylic acids is 1. The molecule has 0 aliphatic carbocycles. The SMILES string of the molecule is COC(=O)C(OCc1ccccc1)c1cc(Cl)ccc1SCc1ccccc1. The number of ether oxygens (including phenoxy) is 2. The minimum absolute atomic E-state index is 0.301. The maximum Gasteiger partial charge on any atom is 0.339 e. The topological polar surface area (TPSA) is 35.5 Å². The van der Waals surface area contributed by atoms with E-state index in [0.717, 1.165) is 21.8 Å². The van der Waals surface area contributed by atoms with Gasteiger partial charge in [-0.25, -0.2) is 4.79 Å². The number of carbonyl (C=O) groups is 1. The number of hydrogen-bond acceptors (Lipinski definition) is 4. The normalized spacial score (nSPS) is 11.8. The van der Waals surface area contributed by atoms with E-state index in [9.17, 15) is 4.79 Å². The van der Waals surface area contributed by atoms with Crippen LogP contribution in [-0.2, 0) is 26.6 Å². The van der Waals surface area contributed by atoms with E-state index in [1.54, 1.807) is 17.8 Å². The van der Waals surface area contributed by atoms with Crippen molar-refractivity contribution >= 4 is 29.3 Å². The van der Waals surface area contributed by atoms with Crippen LogP contribution >= 0.6 is 23.4 Å². The second kappa shape index (κ2) is 10.3. The standard InChI is InChI=1S/C23H21ClO3S/c1-26-23(25)22(27-15-17-8-4-2-5-9-17)20-14-19(24)12-13-21(20)28-16-18-10-6-3-7-11-18/h2-14,22H,15-16H2,1H3. The van der Waals surface area contributed by atoms with Crippen molar-refractivity contribution in [2.45, 2.75) is 23.4 Å². The van der Waals surface area contributed by atoms with Gasteiger partial charge in [0.05, 0.1) is 13.7 Å². The molecule has 1 atom stereocenters. The third-order valence-corrected chi connectivity index (χ3v) is 5.56. The summed E-state index contributed by atoms with van der Waals surface area (Å²) in [6, 6.07) is 25.4. The Morgan fingerprint density at radius 3 is 2.25 bits per heavy atom. The third kappa shape index (κ3) is 5.61. The summed E-state index contributed by atoms with van der Waals surface area (Å²) in [5.74, 6) is 0.335. The number of hydrogen-bond donors (Lipinski definition) is 0. The second-order valence-corrected chi connectivity index (χ2v) is 7.61. The van der Waals surface area contributed by atoms with Crippen LogP contribution in [0, 0.1) is 0 Å². The molecule has 0 aromatic heterocycles. The number of methoxy groups -OCH3 is 1. The molecule has 3 aromatic rings. The molecule has 144 valence electrons. The van der Waals surface area contributed by atoms with E-state index < -0.39 is 12.1 Å². The Balaban J connectivity index is 1.83. The van der Waals surface area contributed by atoms with Gasteiger partial charge in [-0.05, 0) is 29.3 Å². The summed E-state index contributed by atoms with van der Waals surface area (Å²) in [7, 11) is 1.36. The van der Waals surface area contributed by atoms with Crippen molar-refractivity contribution in [1.29, 1.82) is 0 Å². The first kappa shape index (κ1) is 20.5. The quantitative estimate of drug-likeness (QED) is 0.332. The van der Waals surface area contributed by atoms with E-state index in [4.69, 9.17) is 21.1 Å². The van der Waals surface area contributed by atoms with Crippen molar-refractivity contribution in [1.82, 2.24) is 0 Å². The van der Waals surface area contributed by atoms with Crippen molar-refractivity contribution in [3.05, 3.63) is 101 Å². The van der Waals surface area contributed by atoms with Gasteiger partial charge in [0.1, 0.15) is 0 Å².